The van der Waals surface area contributed by atoms with Gasteiger partial charge in [-0.2, -0.15) is 0 Å². The van der Waals surface area contributed by atoms with E-state index in [0.717, 1.165) is 32.1 Å². The van der Waals surface area contributed by atoms with Gasteiger partial charge >= 0.3 is 5.97 Å². The number of piperidine rings is 1. The molecule has 21 heavy (non-hydrogen) atoms. The van der Waals surface area contributed by atoms with Crippen LogP contribution >= 0.6 is 11.6 Å². The van der Waals surface area contributed by atoms with E-state index in [9.17, 15) is 14.7 Å². The fourth-order valence-electron chi connectivity index (χ4n) is 3.72. The van der Waals surface area contributed by atoms with Crippen molar-refractivity contribution in [2.24, 2.45) is 5.92 Å². The maximum Gasteiger partial charge on any atom is 0.326 e. The number of carbonyl (C=O) groups is 2. The Labute approximate surface area is 127 Å². The number of carboxylic acids is 1. The SMILES string of the molecule is O=C(O)C1CCC2CCCCC2N1C(=O)c1ccc(Cl)o1. The maximum absolute atomic E-state index is 12.7. The number of fused-ring (bicyclic) bond motifs is 1. The Kier molecular flexibility index (Phi) is 3.93. The molecule has 3 unspecified atom stereocenters. The molecule has 0 spiro atoms. The second-order valence-corrected chi connectivity index (χ2v) is 6.23. The van der Waals surface area contributed by atoms with Gasteiger partial charge in [-0.05, 0) is 55.3 Å². The van der Waals surface area contributed by atoms with Gasteiger partial charge in [0.1, 0.15) is 6.04 Å². The summed E-state index contributed by atoms with van der Waals surface area (Å²) in [6, 6.07) is 2.26. The van der Waals surface area contributed by atoms with Crippen molar-refractivity contribution in [3.8, 4) is 0 Å². The molecule has 6 heteroatoms. The number of carbonyl (C=O) groups excluding carboxylic acids is 1. The molecule has 1 aromatic heterocycles. The minimum atomic E-state index is -0.940. The van der Waals surface area contributed by atoms with E-state index in [1.165, 1.54) is 17.0 Å². The molecule has 2 heterocycles. The van der Waals surface area contributed by atoms with Crippen LogP contribution in [0.1, 0.15) is 49.1 Å². The summed E-state index contributed by atoms with van der Waals surface area (Å²) in [5, 5.41) is 9.59. The van der Waals surface area contributed by atoms with Crippen LogP contribution in [-0.2, 0) is 4.79 Å². The van der Waals surface area contributed by atoms with Crippen molar-refractivity contribution in [3.05, 3.63) is 23.1 Å². The Bertz CT molecular complexity index is 556. The van der Waals surface area contributed by atoms with Gasteiger partial charge in [0.15, 0.2) is 11.0 Å². The molecule has 1 N–H and O–H groups in total. The predicted molar refractivity (Wildman–Crippen MR) is 76.3 cm³/mol. The number of halogens is 1. The van der Waals surface area contributed by atoms with Crippen LogP contribution in [0.4, 0.5) is 0 Å². The molecule has 5 nitrogen and oxygen atoms in total. The molecule has 2 aliphatic rings. The predicted octanol–water partition coefficient (Wildman–Crippen LogP) is 3.18. The minimum Gasteiger partial charge on any atom is -0.480 e. The number of aliphatic carboxylic acids is 1. The highest BCUT2D eigenvalue weighted by Crippen LogP contribution is 2.38. The van der Waals surface area contributed by atoms with Crippen LogP contribution in [-0.4, -0.2) is 34.0 Å². The highest BCUT2D eigenvalue weighted by molar-refractivity contribution is 6.29. The quantitative estimate of drug-likeness (QED) is 0.910. The number of carboxylic acid groups (broad SMARTS) is 1. The van der Waals surface area contributed by atoms with Crippen LogP contribution in [0, 0.1) is 5.92 Å². The number of nitrogens with zero attached hydrogens (tertiary/aromatic N) is 1. The topological polar surface area (TPSA) is 70.8 Å². The lowest BCUT2D eigenvalue weighted by Gasteiger charge is -2.46. The fraction of sp³-hybridized carbons (Fsp3) is 0.600. The monoisotopic (exact) mass is 311 g/mol. The van der Waals surface area contributed by atoms with E-state index in [1.54, 1.807) is 0 Å². The van der Waals surface area contributed by atoms with E-state index >= 15 is 0 Å². The van der Waals surface area contributed by atoms with Crippen molar-refractivity contribution in [1.29, 1.82) is 0 Å². The Hall–Kier alpha value is -1.49. The number of likely N-dealkylation sites (tertiary alicyclic amines) is 1. The number of furan rings is 1. The first-order chi connectivity index (χ1) is 10.1. The minimum absolute atomic E-state index is 0.00461. The molecule has 1 aliphatic heterocycles. The maximum atomic E-state index is 12.7. The summed E-state index contributed by atoms with van der Waals surface area (Å²) >= 11 is 5.73. The van der Waals surface area contributed by atoms with Crippen molar-refractivity contribution in [2.75, 3.05) is 0 Å². The van der Waals surface area contributed by atoms with Gasteiger partial charge in [0.25, 0.3) is 5.91 Å². The van der Waals surface area contributed by atoms with Gasteiger partial charge in [-0.1, -0.05) is 12.8 Å². The zero-order valence-electron chi connectivity index (χ0n) is 11.6. The second kappa shape index (κ2) is 5.72. The van der Waals surface area contributed by atoms with Gasteiger partial charge in [0, 0.05) is 6.04 Å². The Morgan fingerprint density at radius 1 is 1.19 bits per heavy atom. The molecule has 3 rings (SSSR count). The highest BCUT2D eigenvalue weighted by Gasteiger charge is 2.44. The summed E-state index contributed by atoms with van der Waals surface area (Å²) in [6.07, 6.45) is 5.53. The molecule has 0 bridgehead atoms. The van der Waals surface area contributed by atoms with Crippen molar-refractivity contribution < 1.29 is 19.1 Å². The van der Waals surface area contributed by atoms with Crippen molar-refractivity contribution in [3.63, 3.8) is 0 Å². The first kappa shape index (κ1) is 14.4. The van der Waals surface area contributed by atoms with Crippen LogP contribution < -0.4 is 0 Å². The van der Waals surface area contributed by atoms with Gasteiger partial charge in [-0.25, -0.2) is 4.79 Å². The standard InChI is InChI=1S/C15H18ClNO4/c16-13-8-7-12(21-13)14(18)17-10-4-2-1-3-9(10)5-6-11(17)15(19)20/h7-11H,1-6H2,(H,19,20). The van der Waals surface area contributed by atoms with Gasteiger partial charge in [-0.3, -0.25) is 4.79 Å². The van der Waals surface area contributed by atoms with E-state index in [4.69, 9.17) is 16.0 Å². The lowest BCUT2D eigenvalue weighted by atomic mass is 9.76. The fourth-order valence-corrected chi connectivity index (χ4v) is 3.87. The summed E-state index contributed by atoms with van der Waals surface area (Å²) in [5.74, 6) is -0.767. The van der Waals surface area contributed by atoms with Gasteiger partial charge in [0.2, 0.25) is 0 Å². The van der Waals surface area contributed by atoms with Crippen LogP contribution in [0.25, 0.3) is 0 Å². The van der Waals surface area contributed by atoms with E-state index in [-0.39, 0.29) is 22.9 Å². The third-order valence-electron chi connectivity index (χ3n) is 4.68. The third-order valence-corrected chi connectivity index (χ3v) is 4.88. The van der Waals surface area contributed by atoms with E-state index < -0.39 is 12.0 Å². The highest BCUT2D eigenvalue weighted by atomic mass is 35.5. The average Bonchev–Trinajstić information content (AvgIpc) is 2.91. The zero-order valence-corrected chi connectivity index (χ0v) is 12.4. The van der Waals surface area contributed by atoms with Crippen LogP contribution in [0.2, 0.25) is 5.22 Å². The molecular weight excluding hydrogens is 294 g/mol. The van der Waals surface area contributed by atoms with Gasteiger partial charge in [-0.15, -0.1) is 0 Å². The summed E-state index contributed by atoms with van der Waals surface area (Å²) in [6.45, 7) is 0. The number of hydrogen-bond acceptors (Lipinski definition) is 3. The zero-order chi connectivity index (χ0) is 15.0. The normalized spacial score (nSPS) is 29.0. The first-order valence-corrected chi connectivity index (χ1v) is 7.76. The molecule has 1 amide bonds. The number of hydrogen-bond donors (Lipinski definition) is 1. The van der Waals surface area contributed by atoms with E-state index in [0.29, 0.717) is 12.3 Å². The number of amides is 1. The molecule has 1 aromatic rings. The first-order valence-electron chi connectivity index (χ1n) is 7.38. The van der Waals surface area contributed by atoms with Crippen LogP contribution in [0.15, 0.2) is 16.5 Å². The molecule has 1 aliphatic carbocycles. The molecule has 2 fully saturated rings. The Morgan fingerprint density at radius 2 is 1.95 bits per heavy atom. The second-order valence-electron chi connectivity index (χ2n) is 5.86. The van der Waals surface area contributed by atoms with Gasteiger partial charge < -0.3 is 14.4 Å². The molecule has 3 atom stereocenters. The smallest absolute Gasteiger partial charge is 0.326 e. The third kappa shape index (κ3) is 2.67. The molecule has 0 aromatic carbocycles. The largest absolute Gasteiger partial charge is 0.480 e. The molecular formula is C15H18ClNO4. The van der Waals surface area contributed by atoms with Crippen LogP contribution in [0.3, 0.4) is 0 Å². The van der Waals surface area contributed by atoms with Crippen LogP contribution in [0.5, 0.6) is 0 Å². The van der Waals surface area contributed by atoms with E-state index in [2.05, 4.69) is 0 Å². The Balaban J connectivity index is 1.92. The summed E-state index contributed by atoms with van der Waals surface area (Å²) in [7, 11) is 0. The average molecular weight is 312 g/mol. The molecule has 114 valence electrons. The van der Waals surface area contributed by atoms with Gasteiger partial charge in [0.05, 0.1) is 0 Å². The Morgan fingerprint density at radius 3 is 2.62 bits per heavy atom. The van der Waals surface area contributed by atoms with Crippen molar-refractivity contribution >= 4 is 23.5 Å². The van der Waals surface area contributed by atoms with Crippen molar-refractivity contribution in [2.45, 2.75) is 50.6 Å². The lowest BCUT2D eigenvalue weighted by molar-refractivity contribution is -0.146. The summed E-state index contributed by atoms with van der Waals surface area (Å²) < 4.78 is 5.19. The summed E-state index contributed by atoms with van der Waals surface area (Å²) in [5.41, 5.74) is 0. The molecule has 1 saturated carbocycles. The molecule has 0 radical (unpaired) electrons. The lowest BCUT2D eigenvalue weighted by Crippen LogP contribution is -2.57. The summed E-state index contributed by atoms with van der Waals surface area (Å²) in [4.78, 5) is 25.8. The van der Waals surface area contributed by atoms with Crippen molar-refractivity contribution in [1.82, 2.24) is 4.90 Å². The molecule has 1 saturated heterocycles. The van der Waals surface area contributed by atoms with E-state index in [1.807, 2.05) is 0 Å². The number of rotatable bonds is 2.